The first-order chi connectivity index (χ1) is 10.4. The number of rotatable bonds is 4. The van der Waals surface area contributed by atoms with Gasteiger partial charge in [-0.3, -0.25) is 14.7 Å². The van der Waals surface area contributed by atoms with Crippen LogP contribution in [0.25, 0.3) is 5.69 Å². The first kappa shape index (κ1) is 16.1. The SMILES string of the molecule is Cc1ccc(-n2ccnc2SC(C)C(=O)NC(N)=O)cc1C. The van der Waals surface area contributed by atoms with Crippen LogP contribution in [-0.4, -0.2) is 26.7 Å². The van der Waals surface area contributed by atoms with Crippen LogP contribution in [0, 0.1) is 13.8 Å². The van der Waals surface area contributed by atoms with E-state index in [4.69, 9.17) is 5.73 Å². The van der Waals surface area contributed by atoms with Crippen LogP contribution in [0.1, 0.15) is 18.1 Å². The molecule has 0 radical (unpaired) electrons. The predicted molar refractivity (Wildman–Crippen MR) is 86.1 cm³/mol. The van der Waals surface area contributed by atoms with Gasteiger partial charge in [-0.1, -0.05) is 17.8 Å². The van der Waals surface area contributed by atoms with Gasteiger partial charge in [0.05, 0.1) is 5.25 Å². The molecule has 0 spiro atoms. The molecular formula is C15H18N4O2S. The van der Waals surface area contributed by atoms with Crippen LogP contribution in [0.3, 0.4) is 0 Å². The highest BCUT2D eigenvalue weighted by molar-refractivity contribution is 8.00. The van der Waals surface area contributed by atoms with Gasteiger partial charge in [-0.15, -0.1) is 0 Å². The van der Waals surface area contributed by atoms with E-state index < -0.39 is 17.2 Å². The minimum absolute atomic E-state index is 0.438. The summed E-state index contributed by atoms with van der Waals surface area (Å²) in [6, 6.07) is 5.26. The summed E-state index contributed by atoms with van der Waals surface area (Å²) in [6.45, 7) is 5.80. The van der Waals surface area contributed by atoms with Crippen molar-refractivity contribution in [1.82, 2.24) is 14.9 Å². The molecule has 3 amide bonds. The molecule has 1 atom stereocenters. The molecule has 0 aliphatic rings. The van der Waals surface area contributed by atoms with Crippen LogP contribution in [0.4, 0.5) is 4.79 Å². The van der Waals surface area contributed by atoms with Crippen LogP contribution >= 0.6 is 11.8 Å². The van der Waals surface area contributed by atoms with Crippen molar-refractivity contribution in [3.8, 4) is 5.69 Å². The lowest BCUT2D eigenvalue weighted by Crippen LogP contribution is -2.39. The topological polar surface area (TPSA) is 90.0 Å². The minimum atomic E-state index is -0.852. The molecule has 0 saturated carbocycles. The molecule has 3 N–H and O–H groups in total. The van der Waals surface area contributed by atoms with Crippen molar-refractivity contribution in [2.24, 2.45) is 5.73 Å². The highest BCUT2D eigenvalue weighted by Gasteiger charge is 2.18. The fraction of sp³-hybridized carbons (Fsp3) is 0.267. The standard InChI is InChI=1S/C15H18N4O2S/c1-9-4-5-12(8-10(9)2)19-7-6-17-15(19)22-11(3)13(20)18-14(16)21/h4-8,11H,1-3H3,(H3,16,18,20,21). The summed E-state index contributed by atoms with van der Waals surface area (Å²) in [6.07, 6.45) is 3.52. The second-order valence-electron chi connectivity index (χ2n) is 4.96. The molecule has 2 rings (SSSR count). The molecule has 1 aromatic heterocycles. The predicted octanol–water partition coefficient (Wildman–Crippen LogP) is 2.16. The van der Waals surface area contributed by atoms with Crippen molar-refractivity contribution in [2.75, 3.05) is 0 Å². The van der Waals surface area contributed by atoms with Gasteiger partial charge in [0.25, 0.3) is 0 Å². The summed E-state index contributed by atoms with van der Waals surface area (Å²) in [4.78, 5) is 26.8. The number of thioether (sulfide) groups is 1. The van der Waals surface area contributed by atoms with Crippen molar-refractivity contribution < 1.29 is 9.59 Å². The molecule has 2 aromatic rings. The molecule has 1 aromatic carbocycles. The van der Waals surface area contributed by atoms with Gasteiger partial charge in [0.1, 0.15) is 0 Å². The van der Waals surface area contributed by atoms with Gasteiger partial charge < -0.3 is 5.73 Å². The number of aryl methyl sites for hydroxylation is 2. The molecule has 0 fully saturated rings. The van der Waals surface area contributed by atoms with Gasteiger partial charge in [-0.2, -0.15) is 0 Å². The summed E-state index contributed by atoms with van der Waals surface area (Å²) in [5.74, 6) is -0.438. The molecule has 7 heteroatoms. The Morgan fingerprint density at radius 1 is 1.32 bits per heavy atom. The Bertz CT molecular complexity index is 711. The first-order valence-corrected chi connectivity index (χ1v) is 7.64. The quantitative estimate of drug-likeness (QED) is 0.845. The third-order valence-electron chi connectivity index (χ3n) is 3.27. The number of nitrogens with one attached hydrogen (secondary N) is 1. The molecule has 22 heavy (non-hydrogen) atoms. The van der Waals surface area contributed by atoms with Crippen molar-refractivity contribution in [3.05, 3.63) is 41.7 Å². The second-order valence-corrected chi connectivity index (χ2v) is 6.27. The highest BCUT2D eigenvalue weighted by atomic mass is 32.2. The van der Waals surface area contributed by atoms with E-state index in [1.165, 1.54) is 22.9 Å². The van der Waals surface area contributed by atoms with E-state index >= 15 is 0 Å². The van der Waals surface area contributed by atoms with Gasteiger partial charge >= 0.3 is 6.03 Å². The lowest BCUT2D eigenvalue weighted by Gasteiger charge is -2.12. The Balaban J connectivity index is 2.20. The zero-order chi connectivity index (χ0) is 16.3. The number of primary amides is 1. The number of hydrogen-bond donors (Lipinski definition) is 2. The van der Waals surface area contributed by atoms with Gasteiger partial charge in [0, 0.05) is 18.1 Å². The maximum absolute atomic E-state index is 11.8. The van der Waals surface area contributed by atoms with Gasteiger partial charge in [0.15, 0.2) is 5.16 Å². The normalized spacial score (nSPS) is 12.0. The lowest BCUT2D eigenvalue weighted by atomic mass is 10.1. The van der Waals surface area contributed by atoms with E-state index in [1.54, 1.807) is 13.1 Å². The molecule has 0 saturated heterocycles. The molecule has 1 heterocycles. The molecular weight excluding hydrogens is 300 g/mol. The Morgan fingerprint density at radius 3 is 2.68 bits per heavy atom. The average molecular weight is 318 g/mol. The van der Waals surface area contributed by atoms with Crippen LogP contribution in [0.15, 0.2) is 35.7 Å². The number of aromatic nitrogens is 2. The van der Waals surface area contributed by atoms with Crippen LogP contribution in [0.2, 0.25) is 0 Å². The maximum atomic E-state index is 11.8. The van der Waals surface area contributed by atoms with E-state index in [2.05, 4.69) is 23.3 Å². The summed E-state index contributed by atoms with van der Waals surface area (Å²) in [7, 11) is 0. The highest BCUT2D eigenvalue weighted by Crippen LogP contribution is 2.25. The number of carbonyl (C=O) groups excluding carboxylic acids is 2. The molecule has 116 valence electrons. The van der Waals surface area contributed by atoms with E-state index in [9.17, 15) is 9.59 Å². The third kappa shape index (κ3) is 3.67. The van der Waals surface area contributed by atoms with E-state index in [0.717, 1.165) is 5.69 Å². The summed E-state index contributed by atoms with van der Waals surface area (Å²) in [5, 5.41) is 2.26. The number of benzene rings is 1. The van der Waals surface area contributed by atoms with Crippen molar-refractivity contribution >= 4 is 23.7 Å². The van der Waals surface area contributed by atoms with E-state index in [0.29, 0.717) is 5.16 Å². The molecule has 6 nitrogen and oxygen atoms in total. The average Bonchev–Trinajstić information content (AvgIpc) is 2.89. The van der Waals surface area contributed by atoms with Crippen molar-refractivity contribution in [1.29, 1.82) is 0 Å². The summed E-state index contributed by atoms with van der Waals surface area (Å²) in [5.41, 5.74) is 8.33. The summed E-state index contributed by atoms with van der Waals surface area (Å²) >= 11 is 1.26. The van der Waals surface area contributed by atoms with Gasteiger partial charge in [-0.25, -0.2) is 9.78 Å². The fourth-order valence-electron chi connectivity index (χ4n) is 1.88. The molecule has 0 aliphatic carbocycles. The Hall–Kier alpha value is -2.28. The number of hydrogen-bond acceptors (Lipinski definition) is 4. The summed E-state index contributed by atoms with van der Waals surface area (Å²) < 4.78 is 1.91. The number of nitrogens with two attached hydrogens (primary N) is 1. The minimum Gasteiger partial charge on any atom is -0.351 e. The number of carbonyl (C=O) groups is 2. The van der Waals surface area contributed by atoms with Gasteiger partial charge in [-0.05, 0) is 44.0 Å². The maximum Gasteiger partial charge on any atom is 0.318 e. The van der Waals surface area contributed by atoms with Crippen molar-refractivity contribution in [2.45, 2.75) is 31.2 Å². The van der Waals surface area contributed by atoms with Crippen LogP contribution < -0.4 is 11.1 Å². The van der Waals surface area contributed by atoms with E-state index in [1.807, 2.05) is 29.8 Å². The fourth-order valence-corrected chi connectivity index (χ4v) is 2.77. The second kappa shape index (κ2) is 6.65. The number of amides is 3. The van der Waals surface area contributed by atoms with E-state index in [-0.39, 0.29) is 0 Å². The van der Waals surface area contributed by atoms with Gasteiger partial charge in [0.2, 0.25) is 5.91 Å². The molecule has 0 aliphatic heterocycles. The monoisotopic (exact) mass is 318 g/mol. The largest absolute Gasteiger partial charge is 0.351 e. The van der Waals surface area contributed by atoms with Crippen LogP contribution in [0.5, 0.6) is 0 Å². The molecule has 0 bridgehead atoms. The number of imidazole rings is 1. The molecule has 1 unspecified atom stereocenters. The smallest absolute Gasteiger partial charge is 0.318 e. The lowest BCUT2D eigenvalue weighted by molar-refractivity contribution is -0.119. The number of nitrogens with zero attached hydrogens (tertiary/aromatic N) is 2. The van der Waals surface area contributed by atoms with Crippen molar-refractivity contribution in [3.63, 3.8) is 0 Å². The zero-order valence-corrected chi connectivity index (χ0v) is 13.5. The third-order valence-corrected chi connectivity index (χ3v) is 4.35. The number of imide groups is 1. The van der Waals surface area contributed by atoms with Crippen LogP contribution in [-0.2, 0) is 4.79 Å². The first-order valence-electron chi connectivity index (χ1n) is 6.76. The number of urea groups is 1. The Morgan fingerprint density at radius 2 is 2.05 bits per heavy atom. The zero-order valence-electron chi connectivity index (χ0n) is 12.7. The Kier molecular flexibility index (Phi) is 4.87. The Labute approximate surface area is 133 Å².